The van der Waals surface area contributed by atoms with Crippen molar-refractivity contribution < 1.29 is 27.1 Å². The van der Waals surface area contributed by atoms with Crippen LogP contribution in [0.25, 0.3) is 0 Å². The monoisotopic (exact) mass is 443 g/mol. The van der Waals surface area contributed by atoms with E-state index in [-0.39, 0.29) is 27.4 Å². The zero-order chi connectivity index (χ0) is 22.6. The lowest BCUT2D eigenvalue weighted by Gasteiger charge is -2.12. The summed E-state index contributed by atoms with van der Waals surface area (Å²) in [6.07, 6.45) is 0. The predicted octanol–water partition coefficient (Wildman–Crippen LogP) is 2.99. The summed E-state index contributed by atoms with van der Waals surface area (Å²) in [7, 11) is -2.50. The van der Waals surface area contributed by atoms with E-state index in [1.54, 1.807) is 0 Å². The molecular weight excluding hydrogens is 425 g/mol. The number of primary amides is 1. The van der Waals surface area contributed by atoms with E-state index in [0.717, 1.165) is 24.3 Å². The van der Waals surface area contributed by atoms with Gasteiger partial charge < -0.3 is 15.8 Å². The highest BCUT2D eigenvalue weighted by Gasteiger charge is 2.16. The first kappa shape index (κ1) is 21.8. The molecule has 0 heterocycles. The summed E-state index contributed by atoms with van der Waals surface area (Å²) >= 11 is 0. The van der Waals surface area contributed by atoms with Crippen LogP contribution in [0.4, 0.5) is 15.8 Å². The number of hydrogen-bond donors (Lipinski definition) is 3. The highest BCUT2D eigenvalue weighted by atomic mass is 32.2. The van der Waals surface area contributed by atoms with Crippen molar-refractivity contribution in [2.75, 3.05) is 17.1 Å². The highest BCUT2D eigenvalue weighted by Crippen LogP contribution is 2.26. The number of rotatable bonds is 7. The third-order valence-corrected chi connectivity index (χ3v) is 5.65. The molecule has 0 fully saturated rings. The van der Waals surface area contributed by atoms with Gasteiger partial charge in [-0.25, -0.2) is 12.8 Å². The van der Waals surface area contributed by atoms with Crippen LogP contribution in [0.3, 0.4) is 0 Å². The molecule has 3 aromatic carbocycles. The van der Waals surface area contributed by atoms with Crippen LogP contribution in [0.1, 0.15) is 20.7 Å². The summed E-state index contributed by atoms with van der Waals surface area (Å²) in [5.74, 6) is -1.38. The van der Waals surface area contributed by atoms with Gasteiger partial charge in [-0.3, -0.25) is 14.3 Å². The number of carbonyl (C=O) groups is 2. The van der Waals surface area contributed by atoms with Gasteiger partial charge >= 0.3 is 0 Å². The molecule has 0 spiro atoms. The van der Waals surface area contributed by atoms with Crippen molar-refractivity contribution in [3.63, 3.8) is 0 Å². The molecule has 0 bridgehead atoms. The van der Waals surface area contributed by atoms with Crippen molar-refractivity contribution in [3.05, 3.63) is 83.7 Å². The minimum absolute atomic E-state index is 0.0999. The third-order valence-electron chi connectivity index (χ3n) is 4.26. The van der Waals surface area contributed by atoms with Gasteiger partial charge in [-0.15, -0.1) is 0 Å². The van der Waals surface area contributed by atoms with E-state index in [0.29, 0.717) is 5.75 Å². The maximum Gasteiger partial charge on any atom is 0.261 e. The van der Waals surface area contributed by atoms with E-state index in [1.807, 2.05) is 0 Å². The summed E-state index contributed by atoms with van der Waals surface area (Å²) in [4.78, 5) is 23.8. The van der Waals surface area contributed by atoms with E-state index in [4.69, 9.17) is 10.5 Å². The molecule has 8 nitrogen and oxygen atoms in total. The Morgan fingerprint density at radius 3 is 2.13 bits per heavy atom. The van der Waals surface area contributed by atoms with Crippen LogP contribution in [0.15, 0.2) is 71.6 Å². The smallest absolute Gasteiger partial charge is 0.261 e. The highest BCUT2D eigenvalue weighted by molar-refractivity contribution is 7.92. The summed E-state index contributed by atoms with van der Waals surface area (Å²) in [6.45, 7) is 0. The molecule has 31 heavy (non-hydrogen) atoms. The van der Waals surface area contributed by atoms with Crippen LogP contribution in [-0.4, -0.2) is 27.3 Å². The van der Waals surface area contributed by atoms with Crippen LogP contribution in [0.5, 0.6) is 5.75 Å². The maximum atomic E-state index is 13.0. The van der Waals surface area contributed by atoms with Gasteiger partial charge in [0, 0.05) is 16.8 Å². The molecule has 3 rings (SSSR count). The van der Waals surface area contributed by atoms with Crippen molar-refractivity contribution in [3.8, 4) is 5.75 Å². The van der Waals surface area contributed by atoms with Gasteiger partial charge in [-0.1, -0.05) is 0 Å². The largest absolute Gasteiger partial charge is 0.495 e. The topological polar surface area (TPSA) is 128 Å². The number of halogens is 1. The molecule has 0 aliphatic heterocycles. The number of benzene rings is 3. The quantitative estimate of drug-likeness (QED) is 0.517. The van der Waals surface area contributed by atoms with Gasteiger partial charge in [0.05, 0.1) is 17.7 Å². The fraction of sp³-hybridized carbons (Fsp3) is 0.0476. The Morgan fingerprint density at radius 2 is 1.55 bits per heavy atom. The number of nitrogens with two attached hydrogens (primary N) is 1. The molecule has 10 heteroatoms. The van der Waals surface area contributed by atoms with Crippen molar-refractivity contribution in [1.82, 2.24) is 0 Å². The molecular formula is C21H18FN3O5S. The average Bonchev–Trinajstić information content (AvgIpc) is 2.74. The van der Waals surface area contributed by atoms with Crippen molar-refractivity contribution in [2.24, 2.45) is 5.73 Å². The summed E-state index contributed by atoms with van der Waals surface area (Å²) in [5, 5.41) is 2.63. The Balaban J connectivity index is 1.76. The first-order chi connectivity index (χ1) is 14.7. The number of methoxy groups -OCH3 is 1. The minimum atomic E-state index is -3.91. The van der Waals surface area contributed by atoms with Gasteiger partial charge in [0.15, 0.2) is 0 Å². The molecule has 0 radical (unpaired) electrons. The van der Waals surface area contributed by atoms with E-state index in [2.05, 4.69) is 10.0 Å². The Morgan fingerprint density at radius 1 is 0.935 bits per heavy atom. The molecule has 0 atom stereocenters. The number of nitrogens with one attached hydrogen (secondary N) is 2. The Hall–Kier alpha value is -3.92. The van der Waals surface area contributed by atoms with Gasteiger partial charge in [0.2, 0.25) is 5.91 Å². The van der Waals surface area contributed by atoms with E-state index in [1.165, 1.54) is 49.6 Å². The lowest BCUT2D eigenvalue weighted by Crippen LogP contribution is -2.16. The number of anilines is 2. The van der Waals surface area contributed by atoms with Crippen LogP contribution in [-0.2, 0) is 10.0 Å². The molecule has 160 valence electrons. The van der Waals surface area contributed by atoms with Gasteiger partial charge in [-0.05, 0) is 66.7 Å². The average molecular weight is 443 g/mol. The second kappa shape index (κ2) is 8.84. The normalized spacial score (nSPS) is 10.9. The van der Waals surface area contributed by atoms with Gasteiger partial charge in [0.1, 0.15) is 11.6 Å². The van der Waals surface area contributed by atoms with Crippen molar-refractivity contribution in [1.29, 1.82) is 0 Å². The lowest BCUT2D eigenvalue weighted by molar-refractivity contribution is 0.0996. The van der Waals surface area contributed by atoms with Gasteiger partial charge in [0.25, 0.3) is 15.9 Å². The van der Waals surface area contributed by atoms with E-state index >= 15 is 0 Å². The van der Waals surface area contributed by atoms with Crippen LogP contribution >= 0.6 is 0 Å². The maximum absolute atomic E-state index is 13.0. The number of sulfonamides is 1. The second-order valence-corrected chi connectivity index (χ2v) is 8.05. The molecule has 0 unspecified atom stereocenters. The molecule has 0 aliphatic rings. The van der Waals surface area contributed by atoms with Gasteiger partial charge in [-0.2, -0.15) is 0 Å². The SMILES string of the molecule is COc1ccc(C(N)=O)cc1NC(=O)c1ccc(NS(=O)(=O)c2ccc(F)cc2)cc1. The Bertz CT molecular complexity index is 1230. The molecule has 0 aliphatic carbocycles. The number of amides is 2. The summed E-state index contributed by atoms with van der Waals surface area (Å²) in [6, 6.07) is 14.4. The molecule has 0 saturated carbocycles. The molecule has 0 saturated heterocycles. The van der Waals surface area contributed by atoms with E-state index in [9.17, 15) is 22.4 Å². The third kappa shape index (κ3) is 5.17. The summed E-state index contributed by atoms with van der Waals surface area (Å²) in [5.41, 5.74) is 6.17. The molecule has 3 aromatic rings. The fourth-order valence-electron chi connectivity index (χ4n) is 2.67. The van der Waals surface area contributed by atoms with Crippen LogP contribution in [0.2, 0.25) is 0 Å². The van der Waals surface area contributed by atoms with E-state index < -0.39 is 27.7 Å². The van der Waals surface area contributed by atoms with Crippen molar-refractivity contribution >= 4 is 33.2 Å². The standard InChI is InChI=1S/C21H18FN3O5S/c1-30-19-11-4-14(20(23)26)12-18(19)24-21(27)13-2-7-16(8-3-13)25-31(28,29)17-9-5-15(22)6-10-17/h2-12,25H,1H3,(H2,23,26)(H,24,27). The predicted molar refractivity (Wildman–Crippen MR) is 113 cm³/mol. The first-order valence-corrected chi connectivity index (χ1v) is 10.4. The van der Waals surface area contributed by atoms with Crippen molar-refractivity contribution in [2.45, 2.75) is 4.90 Å². The number of ether oxygens (including phenoxy) is 1. The molecule has 0 aromatic heterocycles. The first-order valence-electron chi connectivity index (χ1n) is 8.87. The molecule has 2 amide bonds. The number of hydrogen-bond acceptors (Lipinski definition) is 5. The summed E-state index contributed by atoms with van der Waals surface area (Å²) < 4.78 is 45.3. The zero-order valence-corrected chi connectivity index (χ0v) is 17.1. The van der Waals surface area contributed by atoms with Crippen LogP contribution < -0.4 is 20.5 Å². The zero-order valence-electron chi connectivity index (χ0n) is 16.3. The lowest BCUT2D eigenvalue weighted by atomic mass is 10.1. The molecule has 4 N–H and O–H groups in total. The minimum Gasteiger partial charge on any atom is -0.495 e. The fourth-order valence-corrected chi connectivity index (χ4v) is 3.73. The van der Waals surface area contributed by atoms with Crippen LogP contribution in [0, 0.1) is 5.82 Å². The Kier molecular flexibility index (Phi) is 6.21. The second-order valence-electron chi connectivity index (χ2n) is 6.37. The Labute approximate surface area is 177 Å². The number of carbonyl (C=O) groups excluding carboxylic acids is 2.